The molecular formula is C32H43N6O4S4+. The lowest BCUT2D eigenvalue weighted by Crippen LogP contribution is -2.31. The number of thioether (sulfide) groups is 1. The molecule has 1 aromatic heterocycles. The van der Waals surface area contributed by atoms with Crippen LogP contribution in [0.25, 0.3) is 16.3 Å². The topological polar surface area (TPSA) is 106 Å². The Kier molecular flexibility index (Phi) is 10.5. The first-order valence-corrected chi connectivity index (χ1v) is 19.7. The number of rotatable bonds is 12. The molecule has 10 nitrogen and oxygen atoms in total. The number of benzene rings is 2. The number of fused-ring (bicyclic) bond motifs is 2. The third-order valence-corrected chi connectivity index (χ3v) is 13.4. The molecule has 0 atom stereocenters. The minimum Gasteiger partial charge on any atom is -0.338 e. The van der Waals surface area contributed by atoms with Crippen molar-refractivity contribution in [1.82, 2.24) is 19.2 Å². The average Bonchev–Trinajstić information content (AvgIpc) is 3.60. The Morgan fingerprint density at radius 3 is 2.13 bits per heavy atom. The second-order valence-electron chi connectivity index (χ2n) is 12.1. The zero-order chi connectivity index (χ0) is 33.4. The van der Waals surface area contributed by atoms with Gasteiger partial charge >= 0.3 is 0 Å². The van der Waals surface area contributed by atoms with Crippen LogP contribution in [0.15, 0.2) is 78.9 Å². The molecule has 2 N–H and O–H groups in total. The Hall–Kier alpha value is -2.56. The van der Waals surface area contributed by atoms with E-state index in [2.05, 4.69) is 38.0 Å². The second-order valence-corrected chi connectivity index (χ2v) is 17.8. The van der Waals surface area contributed by atoms with Gasteiger partial charge in [-0.25, -0.2) is 26.3 Å². The van der Waals surface area contributed by atoms with Crippen LogP contribution >= 0.6 is 23.1 Å². The van der Waals surface area contributed by atoms with E-state index in [1.165, 1.54) is 16.7 Å². The van der Waals surface area contributed by atoms with E-state index in [-0.39, 0.29) is 9.79 Å². The van der Waals surface area contributed by atoms with Crippen LogP contribution in [0.1, 0.15) is 24.8 Å². The molecule has 0 amide bonds. The molecule has 2 heterocycles. The third-order valence-electron chi connectivity index (χ3n) is 8.22. The van der Waals surface area contributed by atoms with E-state index in [4.69, 9.17) is 0 Å². The van der Waals surface area contributed by atoms with Crippen LogP contribution < -0.4 is 18.9 Å². The Labute approximate surface area is 281 Å². The average molecular weight is 704 g/mol. The van der Waals surface area contributed by atoms with Crippen molar-refractivity contribution < 1.29 is 21.4 Å². The van der Waals surface area contributed by atoms with Gasteiger partial charge in [-0.2, -0.15) is 4.57 Å². The van der Waals surface area contributed by atoms with Gasteiger partial charge in [0.15, 0.2) is 0 Å². The fraction of sp³-hybridized carbons (Fsp3) is 0.406. The summed E-state index contributed by atoms with van der Waals surface area (Å²) >= 11 is 3.17. The second kappa shape index (κ2) is 13.9. The largest absolute Gasteiger partial charge is 0.338 e. The number of sulfonamides is 2. The summed E-state index contributed by atoms with van der Waals surface area (Å²) in [4.78, 5) is 7.46. The standard InChI is InChI=1S/C32H43N6O4S4/c1-22-23(18-31-37(6)27-12-10-25(20-29(27)43-31)45(39,40)33-14-16-35(2)3)8-9-24(22)19-32-38(7)28-13-11-26(21-30(28)44-32)46(41,42)34-15-17-36(4)5/h10-13,18-21,33-34H,8-9,14-17H2,1-7H3/q+1. The van der Waals surface area contributed by atoms with Crippen molar-refractivity contribution in [2.45, 2.75) is 34.5 Å². The molecule has 0 saturated carbocycles. The Balaban J connectivity index is 1.35. The zero-order valence-corrected chi connectivity index (χ0v) is 30.7. The van der Waals surface area contributed by atoms with Gasteiger partial charge in [0.25, 0.3) is 5.01 Å². The fourth-order valence-electron chi connectivity index (χ4n) is 5.38. The number of likely N-dealkylation sites (N-methyl/N-ethyl adjacent to an activating group) is 2. The number of allylic oxidation sites excluding steroid dienone is 4. The van der Waals surface area contributed by atoms with Gasteiger partial charge in [0, 0.05) is 50.3 Å². The molecule has 0 bridgehead atoms. The lowest BCUT2D eigenvalue weighted by atomic mass is 10.1. The van der Waals surface area contributed by atoms with Crippen LogP contribution in [0.3, 0.4) is 0 Å². The molecule has 0 spiro atoms. The molecule has 1 aliphatic carbocycles. The number of anilines is 1. The SMILES string of the molecule is CC1=C(C=C2Sc3cc(S(=O)(=O)NCCN(C)C)ccc3N2C)CCC1=Cc1sc2cc(S(=O)(=O)NCCN(C)C)ccc2[n+]1C. The van der Waals surface area contributed by atoms with Crippen LogP contribution in [0.4, 0.5) is 5.69 Å². The molecule has 2 aromatic carbocycles. The number of aryl methyl sites for hydroxylation is 1. The van der Waals surface area contributed by atoms with Crippen molar-refractivity contribution in [3.63, 3.8) is 0 Å². The monoisotopic (exact) mass is 703 g/mol. The van der Waals surface area contributed by atoms with Crippen molar-refractivity contribution >= 4 is 65.1 Å². The van der Waals surface area contributed by atoms with E-state index >= 15 is 0 Å². The normalized spacial score (nSPS) is 17.5. The number of nitrogens with zero attached hydrogens (tertiary/aromatic N) is 4. The predicted octanol–water partition coefficient (Wildman–Crippen LogP) is 3.98. The molecule has 46 heavy (non-hydrogen) atoms. The van der Waals surface area contributed by atoms with E-state index in [9.17, 15) is 16.8 Å². The van der Waals surface area contributed by atoms with E-state index < -0.39 is 20.0 Å². The smallest absolute Gasteiger partial charge is 0.262 e. The lowest BCUT2D eigenvalue weighted by Gasteiger charge is -2.14. The quantitative estimate of drug-likeness (QED) is 0.273. The summed E-state index contributed by atoms with van der Waals surface area (Å²) in [6.45, 7) is 4.11. The van der Waals surface area contributed by atoms with Gasteiger partial charge in [0.05, 0.1) is 20.5 Å². The van der Waals surface area contributed by atoms with Gasteiger partial charge in [-0.3, -0.25) is 0 Å². The Morgan fingerprint density at radius 1 is 0.891 bits per heavy atom. The summed E-state index contributed by atoms with van der Waals surface area (Å²) in [5.74, 6) is 0. The fourth-order valence-corrected chi connectivity index (χ4v) is 9.93. The highest BCUT2D eigenvalue weighted by atomic mass is 32.2. The maximum absolute atomic E-state index is 12.9. The highest BCUT2D eigenvalue weighted by Gasteiger charge is 2.27. The predicted molar refractivity (Wildman–Crippen MR) is 189 cm³/mol. The molecule has 0 unspecified atom stereocenters. The lowest BCUT2D eigenvalue weighted by molar-refractivity contribution is -0.642. The minimum atomic E-state index is -3.59. The highest BCUT2D eigenvalue weighted by molar-refractivity contribution is 8.03. The molecule has 5 rings (SSSR count). The molecule has 1 aliphatic heterocycles. The van der Waals surface area contributed by atoms with Crippen LogP contribution in [0, 0.1) is 0 Å². The van der Waals surface area contributed by atoms with Crippen molar-refractivity contribution in [2.24, 2.45) is 7.05 Å². The van der Waals surface area contributed by atoms with Gasteiger partial charge in [0.2, 0.25) is 25.6 Å². The third kappa shape index (κ3) is 7.60. The van der Waals surface area contributed by atoms with E-state index in [1.807, 2.05) is 64.2 Å². The number of hydrogen-bond acceptors (Lipinski definition) is 9. The summed E-state index contributed by atoms with van der Waals surface area (Å²) in [5, 5.41) is 2.11. The van der Waals surface area contributed by atoms with Gasteiger partial charge < -0.3 is 14.7 Å². The molecule has 3 aromatic rings. The van der Waals surface area contributed by atoms with Crippen LogP contribution in [0.2, 0.25) is 0 Å². The number of hydrogen-bond donors (Lipinski definition) is 2. The summed E-state index contributed by atoms with van der Waals surface area (Å²) in [5.41, 5.74) is 5.72. The van der Waals surface area contributed by atoms with Crippen molar-refractivity contribution in [3.05, 3.63) is 69.2 Å². The first-order valence-electron chi connectivity index (χ1n) is 15.1. The molecule has 248 valence electrons. The highest BCUT2D eigenvalue weighted by Crippen LogP contribution is 2.47. The molecular weight excluding hydrogens is 661 g/mol. The first kappa shape index (κ1) is 34.8. The van der Waals surface area contributed by atoms with Gasteiger partial charge in [-0.05, 0) is 101 Å². The zero-order valence-electron chi connectivity index (χ0n) is 27.4. The van der Waals surface area contributed by atoms with Crippen LogP contribution in [-0.4, -0.2) is 88.1 Å². The Bertz CT molecular complexity index is 1960. The van der Waals surface area contributed by atoms with E-state index in [0.29, 0.717) is 26.2 Å². The first-order chi connectivity index (χ1) is 21.7. The molecule has 0 fully saturated rings. The maximum Gasteiger partial charge on any atom is 0.262 e. The van der Waals surface area contributed by atoms with Crippen LogP contribution in [0.5, 0.6) is 0 Å². The summed E-state index contributed by atoms with van der Waals surface area (Å²) < 4.78 is 59.9. The van der Waals surface area contributed by atoms with Crippen molar-refractivity contribution in [3.8, 4) is 0 Å². The molecule has 0 radical (unpaired) electrons. The van der Waals surface area contributed by atoms with Crippen molar-refractivity contribution in [2.75, 3.05) is 66.3 Å². The Morgan fingerprint density at radius 2 is 1.50 bits per heavy atom. The summed E-state index contributed by atoms with van der Waals surface area (Å²) in [6, 6.07) is 10.6. The van der Waals surface area contributed by atoms with E-state index in [1.54, 1.807) is 47.4 Å². The summed E-state index contributed by atoms with van der Waals surface area (Å²) in [6.07, 6.45) is 6.26. The number of aromatic nitrogens is 1. The molecule has 2 aliphatic rings. The van der Waals surface area contributed by atoms with Gasteiger partial charge in [0.1, 0.15) is 11.7 Å². The minimum absolute atomic E-state index is 0.273. The summed E-state index contributed by atoms with van der Waals surface area (Å²) in [7, 11) is 4.48. The van der Waals surface area contributed by atoms with Crippen LogP contribution in [-0.2, 0) is 27.1 Å². The molecule has 14 heteroatoms. The number of nitrogens with one attached hydrogen (secondary N) is 2. The number of thiazole rings is 1. The van der Waals surface area contributed by atoms with E-state index in [0.717, 1.165) is 43.7 Å². The van der Waals surface area contributed by atoms with Gasteiger partial charge in [-0.15, -0.1) is 0 Å². The molecule has 0 saturated heterocycles. The van der Waals surface area contributed by atoms with Gasteiger partial charge in [-0.1, -0.05) is 23.1 Å². The maximum atomic E-state index is 12.9. The van der Waals surface area contributed by atoms with Crippen molar-refractivity contribution in [1.29, 1.82) is 0 Å².